The minimum Gasteiger partial charge on any atom is -0.377 e. The van der Waals surface area contributed by atoms with Crippen LogP contribution in [0.1, 0.15) is 31.0 Å². The van der Waals surface area contributed by atoms with Gasteiger partial charge < -0.3 is 9.64 Å². The first-order valence-corrected chi connectivity index (χ1v) is 7.74. The molecule has 0 aliphatic carbocycles. The Kier molecular flexibility index (Phi) is 4.67. The van der Waals surface area contributed by atoms with E-state index in [1.54, 1.807) is 0 Å². The second-order valence-corrected chi connectivity index (χ2v) is 5.37. The molecule has 4 nitrogen and oxygen atoms in total. The highest BCUT2D eigenvalue weighted by Gasteiger charge is 2.25. The van der Waals surface area contributed by atoms with E-state index in [0.717, 1.165) is 30.7 Å². The largest absolute Gasteiger partial charge is 0.377 e. The van der Waals surface area contributed by atoms with E-state index in [0.29, 0.717) is 6.10 Å². The average molecular weight is 316 g/mol. The molecular formula is C13H22BrN3O. The second kappa shape index (κ2) is 6.06. The smallest absolute Gasteiger partial charge is 0.130 e. The predicted molar refractivity (Wildman–Crippen MR) is 77.4 cm³/mol. The van der Waals surface area contributed by atoms with E-state index in [2.05, 4.69) is 39.8 Å². The first-order chi connectivity index (χ1) is 8.67. The number of piperidine rings is 1. The highest BCUT2D eigenvalue weighted by molar-refractivity contribution is 9.08. The molecule has 2 rings (SSSR count). The van der Waals surface area contributed by atoms with Crippen molar-refractivity contribution in [2.75, 3.05) is 24.6 Å². The first kappa shape index (κ1) is 13.9. The second-order valence-electron chi connectivity index (χ2n) is 4.81. The molecule has 1 aliphatic heterocycles. The van der Waals surface area contributed by atoms with Crippen LogP contribution in [0.25, 0.3) is 0 Å². The summed E-state index contributed by atoms with van der Waals surface area (Å²) < 4.78 is 7.77. The molecule has 102 valence electrons. The van der Waals surface area contributed by atoms with Crippen LogP contribution in [-0.4, -0.2) is 35.6 Å². The fraction of sp³-hybridized carbons (Fsp3) is 0.769. The number of aryl methyl sites for hydroxylation is 2. The summed E-state index contributed by atoms with van der Waals surface area (Å²) in [6.07, 6.45) is 2.73. The third-order valence-electron chi connectivity index (χ3n) is 3.53. The summed E-state index contributed by atoms with van der Waals surface area (Å²) in [7, 11) is 2.03. The third-order valence-corrected chi connectivity index (χ3v) is 4.09. The third kappa shape index (κ3) is 2.72. The van der Waals surface area contributed by atoms with Gasteiger partial charge in [-0.3, -0.25) is 4.68 Å². The summed E-state index contributed by atoms with van der Waals surface area (Å²) in [5.41, 5.74) is 2.41. The van der Waals surface area contributed by atoms with Crippen molar-refractivity contribution >= 4 is 21.7 Å². The van der Waals surface area contributed by atoms with E-state index >= 15 is 0 Å². The predicted octanol–water partition coefficient (Wildman–Crippen LogP) is 2.63. The van der Waals surface area contributed by atoms with Crippen LogP contribution in [0.3, 0.4) is 0 Å². The number of halogens is 1. The molecule has 1 unspecified atom stereocenters. The van der Waals surface area contributed by atoms with E-state index < -0.39 is 0 Å². The summed E-state index contributed by atoms with van der Waals surface area (Å²) in [4.78, 5) is 2.42. The molecule has 5 heteroatoms. The number of nitrogens with zero attached hydrogens (tertiary/aromatic N) is 3. The van der Waals surface area contributed by atoms with Crippen LogP contribution in [0.4, 0.5) is 5.82 Å². The molecule has 1 atom stereocenters. The highest BCUT2D eigenvalue weighted by atomic mass is 79.9. The van der Waals surface area contributed by atoms with Crippen molar-refractivity contribution in [3.05, 3.63) is 11.3 Å². The Labute approximate surface area is 117 Å². The Bertz CT molecular complexity index is 403. The Morgan fingerprint density at radius 2 is 2.28 bits per heavy atom. The Balaban J connectivity index is 2.20. The van der Waals surface area contributed by atoms with Gasteiger partial charge in [-0.05, 0) is 26.7 Å². The SMILES string of the molecule is CCOC1CCCN(c2c(CBr)c(C)nn2C)C1. The fourth-order valence-corrected chi connectivity index (χ4v) is 3.40. The van der Waals surface area contributed by atoms with Crippen LogP contribution in [0, 0.1) is 6.92 Å². The molecule has 18 heavy (non-hydrogen) atoms. The van der Waals surface area contributed by atoms with Crippen molar-refractivity contribution in [3.63, 3.8) is 0 Å². The van der Waals surface area contributed by atoms with Gasteiger partial charge >= 0.3 is 0 Å². The molecular weight excluding hydrogens is 294 g/mol. The molecule has 0 spiro atoms. The molecule has 0 saturated carbocycles. The van der Waals surface area contributed by atoms with Gasteiger partial charge in [0.15, 0.2) is 0 Å². The van der Waals surface area contributed by atoms with Gasteiger partial charge in [-0.1, -0.05) is 15.9 Å². The van der Waals surface area contributed by atoms with Crippen molar-refractivity contribution in [2.24, 2.45) is 7.05 Å². The van der Waals surface area contributed by atoms with Crippen molar-refractivity contribution in [1.82, 2.24) is 9.78 Å². The maximum Gasteiger partial charge on any atom is 0.130 e. The van der Waals surface area contributed by atoms with E-state index in [1.807, 2.05) is 11.7 Å². The molecule has 0 N–H and O–H groups in total. The van der Waals surface area contributed by atoms with E-state index in [1.165, 1.54) is 24.2 Å². The van der Waals surface area contributed by atoms with Gasteiger partial charge in [-0.2, -0.15) is 5.10 Å². The molecule has 1 aromatic rings. The molecule has 1 saturated heterocycles. The van der Waals surface area contributed by atoms with Crippen LogP contribution >= 0.6 is 15.9 Å². The summed E-state index contributed by atoms with van der Waals surface area (Å²) in [5.74, 6) is 1.24. The summed E-state index contributed by atoms with van der Waals surface area (Å²) in [5, 5.41) is 5.39. The number of aromatic nitrogens is 2. The monoisotopic (exact) mass is 315 g/mol. The first-order valence-electron chi connectivity index (χ1n) is 6.62. The molecule has 0 bridgehead atoms. The van der Waals surface area contributed by atoms with E-state index in [-0.39, 0.29) is 0 Å². The van der Waals surface area contributed by atoms with Crippen LogP contribution in [0.15, 0.2) is 0 Å². The van der Waals surface area contributed by atoms with Gasteiger partial charge in [-0.15, -0.1) is 0 Å². The van der Waals surface area contributed by atoms with Gasteiger partial charge in [0.2, 0.25) is 0 Å². The fourth-order valence-electron chi connectivity index (χ4n) is 2.74. The molecule has 1 aliphatic rings. The zero-order chi connectivity index (χ0) is 13.1. The summed E-state index contributed by atoms with van der Waals surface area (Å²) >= 11 is 3.57. The van der Waals surface area contributed by atoms with Gasteiger partial charge in [0, 0.05) is 37.6 Å². The number of ether oxygens (including phenoxy) is 1. The van der Waals surface area contributed by atoms with Crippen molar-refractivity contribution < 1.29 is 4.74 Å². The lowest BCUT2D eigenvalue weighted by Crippen LogP contribution is -2.41. The number of alkyl halides is 1. The Morgan fingerprint density at radius 3 is 2.94 bits per heavy atom. The molecule has 0 radical (unpaired) electrons. The molecule has 0 amide bonds. The number of hydrogen-bond donors (Lipinski definition) is 0. The Morgan fingerprint density at radius 1 is 1.50 bits per heavy atom. The van der Waals surface area contributed by atoms with Crippen molar-refractivity contribution in [3.8, 4) is 0 Å². The van der Waals surface area contributed by atoms with Crippen LogP contribution in [0.2, 0.25) is 0 Å². The lowest BCUT2D eigenvalue weighted by atomic mass is 10.1. The molecule has 0 aromatic carbocycles. The number of anilines is 1. The summed E-state index contributed by atoms with van der Waals surface area (Å²) in [6.45, 7) is 7.02. The van der Waals surface area contributed by atoms with E-state index in [4.69, 9.17) is 4.74 Å². The Hall–Kier alpha value is -0.550. The summed E-state index contributed by atoms with van der Waals surface area (Å²) in [6, 6.07) is 0. The molecule has 1 aromatic heterocycles. The zero-order valence-electron chi connectivity index (χ0n) is 11.4. The van der Waals surface area contributed by atoms with Gasteiger partial charge in [0.05, 0.1) is 11.8 Å². The van der Waals surface area contributed by atoms with Crippen LogP contribution in [-0.2, 0) is 17.1 Å². The maximum absolute atomic E-state index is 5.77. The average Bonchev–Trinajstić information content (AvgIpc) is 2.64. The van der Waals surface area contributed by atoms with Crippen LogP contribution < -0.4 is 4.90 Å². The standard InChI is InChI=1S/C13H22BrN3O/c1-4-18-11-6-5-7-17(9-11)13-12(8-14)10(2)15-16(13)3/h11H,4-9H2,1-3H3. The minimum atomic E-state index is 0.363. The highest BCUT2D eigenvalue weighted by Crippen LogP contribution is 2.28. The lowest BCUT2D eigenvalue weighted by Gasteiger charge is -2.34. The van der Waals surface area contributed by atoms with Crippen molar-refractivity contribution in [1.29, 1.82) is 0 Å². The van der Waals surface area contributed by atoms with E-state index in [9.17, 15) is 0 Å². The van der Waals surface area contributed by atoms with Gasteiger partial charge in [0.1, 0.15) is 5.82 Å². The lowest BCUT2D eigenvalue weighted by molar-refractivity contribution is 0.0523. The molecule has 2 heterocycles. The maximum atomic E-state index is 5.77. The van der Waals surface area contributed by atoms with Gasteiger partial charge in [-0.25, -0.2) is 0 Å². The normalized spacial score (nSPS) is 20.4. The van der Waals surface area contributed by atoms with Crippen molar-refractivity contribution in [2.45, 2.75) is 38.1 Å². The zero-order valence-corrected chi connectivity index (χ0v) is 13.0. The number of hydrogen-bond acceptors (Lipinski definition) is 3. The topological polar surface area (TPSA) is 30.3 Å². The number of rotatable bonds is 4. The minimum absolute atomic E-state index is 0.363. The quantitative estimate of drug-likeness (QED) is 0.800. The van der Waals surface area contributed by atoms with Crippen LogP contribution in [0.5, 0.6) is 0 Å². The molecule has 1 fully saturated rings. The van der Waals surface area contributed by atoms with Gasteiger partial charge in [0.25, 0.3) is 0 Å².